The number of carbonyl (C=O) groups excluding carboxylic acids is 1. The Morgan fingerprint density at radius 3 is 2.22 bits per heavy atom. The summed E-state index contributed by atoms with van der Waals surface area (Å²) < 4.78 is 24.5. The van der Waals surface area contributed by atoms with E-state index in [4.69, 9.17) is 5.11 Å². The van der Waals surface area contributed by atoms with Gasteiger partial charge in [-0.1, -0.05) is 13.8 Å². The lowest BCUT2D eigenvalue weighted by molar-refractivity contribution is -0.137. The van der Waals surface area contributed by atoms with Crippen LogP contribution in [0.25, 0.3) is 0 Å². The SMILES string of the molecule is CC(C)CC(NS(C)(=O)=O)C(=O)NCCC(=O)O. The molecule has 0 aromatic carbocycles. The summed E-state index contributed by atoms with van der Waals surface area (Å²) in [6.07, 6.45) is 1.13. The van der Waals surface area contributed by atoms with E-state index in [9.17, 15) is 18.0 Å². The molecule has 0 aromatic heterocycles. The molecule has 0 bridgehead atoms. The molecule has 18 heavy (non-hydrogen) atoms. The van der Waals surface area contributed by atoms with E-state index in [0.717, 1.165) is 6.26 Å². The molecule has 1 unspecified atom stereocenters. The monoisotopic (exact) mass is 280 g/mol. The molecular formula is C10H20N2O5S. The van der Waals surface area contributed by atoms with Crippen molar-refractivity contribution in [1.29, 1.82) is 0 Å². The lowest BCUT2D eigenvalue weighted by Gasteiger charge is -2.18. The van der Waals surface area contributed by atoms with Gasteiger partial charge in [0.05, 0.1) is 12.7 Å². The van der Waals surface area contributed by atoms with Gasteiger partial charge in [0.25, 0.3) is 0 Å². The molecule has 7 nitrogen and oxygen atoms in total. The maximum absolute atomic E-state index is 11.7. The van der Waals surface area contributed by atoms with Crippen molar-refractivity contribution in [2.24, 2.45) is 5.92 Å². The van der Waals surface area contributed by atoms with Crippen LogP contribution in [-0.2, 0) is 19.6 Å². The van der Waals surface area contributed by atoms with Crippen LogP contribution in [0.3, 0.4) is 0 Å². The third-order valence-electron chi connectivity index (χ3n) is 2.02. The van der Waals surface area contributed by atoms with E-state index < -0.39 is 27.9 Å². The van der Waals surface area contributed by atoms with Gasteiger partial charge in [-0.05, 0) is 12.3 Å². The predicted molar refractivity (Wildman–Crippen MR) is 66.5 cm³/mol. The van der Waals surface area contributed by atoms with Gasteiger partial charge in [0.15, 0.2) is 0 Å². The fourth-order valence-corrected chi connectivity index (χ4v) is 2.07. The number of aliphatic carboxylic acids is 1. The molecular weight excluding hydrogens is 260 g/mol. The summed E-state index contributed by atoms with van der Waals surface area (Å²) in [5.74, 6) is -1.39. The van der Waals surface area contributed by atoms with Crippen molar-refractivity contribution in [1.82, 2.24) is 10.0 Å². The Morgan fingerprint density at radius 1 is 1.28 bits per heavy atom. The average Bonchev–Trinajstić information content (AvgIpc) is 2.12. The quantitative estimate of drug-likeness (QED) is 0.557. The van der Waals surface area contributed by atoms with E-state index >= 15 is 0 Å². The number of carbonyl (C=O) groups is 2. The summed E-state index contributed by atoms with van der Waals surface area (Å²) in [5, 5.41) is 10.8. The van der Waals surface area contributed by atoms with E-state index in [1.807, 2.05) is 13.8 Å². The number of hydrogen-bond acceptors (Lipinski definition) is 4. The van der Waals surface area contributed by atoms with Gasteiger partial charge in [0.2, 0.25) is 15.9 Å². The summed E-state index contributed by atoms with van der Waals surface area (Å²) in [5.41, 5.74) is 0. The zero-order valence-corrected chi connectivity index (χ0v) is 11.6. The standard InChI is InChI=1S/C10H20N2O5S/c1-7(2)6-8(12-18(3,16)17)10(15)11-5-4-9(13)14/h7-8,12H,4-6H2,1-3H3,(H,11,15)(H,13,14). The molecule has 1 atom stereocenters. The molecule has 0 spiro atoms. The van der Waals surface area contributed by atoms with Crippen LogP contribution >= 0.6 is 0 Å². The van der Waals surface area contributed by atoms with E-state index in [1.54, 1.807) is 0 Å². The molecule has 1 amide bonds. The van der Waals surface area contributed by atoms with E-state index in [0.29, 0.717) is 6.42 Å². The van der Waals surface area contributed by atoms with Gasteiger partial charge in [-0.15, -0.1) is 0 Å². The van der Waals surface area contributed by atoms with Crippen molar-refractivity contribution in [3.8, 4) is 0 Å². The number of hydrogen-bond donors (Lipinski definition) is 3. The van der Waals surface area contributed by atoms with Crippen molar-refractivity contribution in [3.05, 3.63) is 0 Å². The maximum Gasteiger partial charge on any atom is 0.305 e. The van der Waals surface area contributed by atoms with E-state index in [-0.39, 0.29) is 18.9 Å². The lowest BCUT2D eigenvalue weighted by Crippen LogP contribution is -2.47. The minimum absolute atomic E-state index is 0.0196. The van der Waals surface area contributed by atoms with Gasteiger partial charge in [-0.3, -0.25) is 9.59 Å². The van der Waals surface area contributed by atoms with Gasteiger partial charge >= 0.3 is 5.97 Å². The van der Waals surface area contributed by atoms with Crippen LogP contribution in [0.4, 0.5) is 0 Å². The van der Waals surface area contributed by atoms with Crippen LogP contribution in [0.5, 0.6) is 0 Å². The first kappa shape index (κ1) is 16.9. The van der Waals surface area contributed by atoms with Crippen LogP contribution in [0.1, 0.15) is 26.7 Å². The molecule has 0 aliphatic heterocycles. The number of carboxylic acids is 1. The Kier molecular flexibility index (Phi) is 6.85. The van der Waals surface area contributed by atoms with Crippen LogP contribution in [-0.4, -0.2) is 44.2 Å². The number of sulfonamides is 1. The number of amides is 1. The molecule has 0 fully saturated rings. The summed E-state index contributed by atoms with van der Waals surface area (Å²) in [6.45, 7) is 3.71. The first-order chi connectivity index (χ1) is 8.11. The van der Waals surface area contributed by atoms with Crippen LogP contribution in [0.15, 0.2) is 0 Å². The fourth-order valence-electron chi connectivity index (χ4n) is 1.35. The molecule has 106 valence electrons. The molecule has 0 saturated heterocycles. The normalized spacial score (nSPS) is 13.3. The van der Waals surface area contributed by atoms with Crippen molar-refractivity contribution in [2.75, 3.05) is 12.8 Å². The fraction of sp³-hybridized carbons (Fsp3) is 0.800. The molecule has 0 radical (unpaired) electrons. The predicted octanol–water partition coefficient (Wildman–Crippen LogP) is -0.459. The van der Waals surface area contributed by atoms with Gasteiger partial charge in [-0.25, -0.2) is 13.1 Å². The zero-order chi connectivity index (χ0) is 14.3. The first-order valence-electron chi connectivity index (χ1n) is 5.58. The zero-order valence-electron chi connectivity index (χ0n) is 10.8. The van der Waals surface area contributed by atoms with Gasteiger partial charge < -0.3 is 10.4 Å². The van der Waals surface area contributed by atoms with Gasteiger partial charge in [-0.2, -0.15) is 0 Å². The number of carboxylic acid groups (broad SMARTS) is 1. The van der Waals surface area contributed by atoms with Crippen LogP contribution < -0.4 is 10.0 Å². The summed E-state index contributed by atoms with van der Waals surface area (Å²) in [6, 6.07) is -0.867. The summed E-state index contributed by atoms with van der Waals surface area (Å²) >= 11 is 0. The maximum atomic E-state index is 11.7. The first-order valence-corrected chi connectivity index (χ1v) is 7.47. The van der Waals surface area contributed by atoms with Crippen LogP contribution in [0.2, 0.25) is 0 Å². The second kappa shape index (κ2) is 7.32. The molecule has 0 aliphatic carbocycles. The van der Waals surface area contributed by atoms with E-state index in [1.165, 1.54) is 0 Å². The lowest BCUT2D eigenvalue weighted by atomic mass is 10.0. The molecule has 0 aromatic rings. The summed E-state index contributed by atoms with van der Waals surface area (Å²) in [4.78, 5) is 22.0. The highest BCUT2D eigenvalue weighted by molar-refractivity contribution is 7.88. The second-order valence-electron chi connectivity index (χ2n) is 4.51. The largest absolute Gasteiger partial charge is 0.481 e. The molecule has 3 N–H and O–H groups in total. The molecule has 8 heteroatoms. The van der Waals surface area contributed by atoms with E-state index in [2.05, 4.69) is 10.0 Å². The Hall–Kier alpha value is -1.15. The van der Waals surface area contributed by atoms with Gasteiger partial charge in [0, 0.05) is 6.54 Å². The third kappa shape index (κ3) is 8.94. The Morgan fingerprint density at radius 2 is 1.83 bits per heavy atom. The third-order valence-corrected chi connectivity index (χ3v) is 2.73. The van der Waals surface area contributed by atoms with Gasteiger partial charge in [0.1, 0.15) is 6.04 Å². The highest BCUT2D eigenvalue weighted by atomic mass is 32.2. The molecule has 0 saturated carbocycles. The molecule has 0 rings (SSSR count). The minimum atomic E-state index is -3.48. The highest BCUT2D eigenvalue weighted by Gasteiger charge is 2.22. The minimum Gasteiger partial charge on any atom is -0.481 e. The van der Waals surface area contributed by atoms with Crippen molar-refractivity contribution in [3.63, 3.8) is 0 Å². The average molecular weight is 280 g/mol. The number of nitrogens with one attached hydrogen (secondary N) is 2. The topological polar surface area (TPSA) is 113 Å². The smallest absolute Gasteiger partial charge is 0.305 e. The highest BCUT2D eigenvalue weighted by Crippen LogP contribution is 2.05. The van der Waals surface area contributed by atoms with Crippen molar-refractivity contribution in [2.45, 2.75) is 32.7 Å². The Labute approximate surface area is 107 Å². The number of rotatable bonds is 8. The van der Waals surface area contributed by atoms with Crippen molar-refractivity contribution < 1.29 is 23.1 Å². The Balaban J connectivity index is 4.45. The molecule has 0 aliphatic rings. The van der Waals surface area contributed by atoms with Crippen LogP contribution in [0, 0.1) is 5.92 Å². The Bertz CT molecular complexity index is 391. The summed E-state index contributed by atoms with van der Waals surface area (Å²) in [7, 11) is -3.48. The van der Waals surface area contributed by atoms with Crippen molar-refractivity contribution >= 4 is 21.9 Å². The second-order valence-corrected chi connectivity index (χ2v) is 6.29. The molecule has 0 heterocycles.